The number of rotatable bonds is 4. The van der Waals surface area contributed by atoms with Gasteiger partial charge in [-0.3, -0.25) is 9.59 Å². The van der Waals surface area contributed by atoms with Crippen LogP contribution in [0.4, 0.5) is 8.78 Å². The first-order valence-electron chi connectivity index (χ1n) is 8.10. The first-order valence-corrected chi connectivity index (χ1v) is 8.48. The molecule has 0 spiro atoms. The number of nitriles is 1. The van der Waals surface area contributed by atoms with Gasteiger partial charge in [-0.1, -0.05) is 23.7 Å². The van der Waals surface area contributed by atoms with E-state index in [0.717, 1.165) is 12.1 Å². The second-order valence-electron chi connectivity index (χ2n) is 6.17. The Balaban J connectivity index is 1.98. The monoisotopic (exact) mass is 389 g/mol. The van der Waals surface area contributed by atoms with Gasteiger partial charge >= 0.3 is 0 Å². The maximum absolute atomic E-state index is 13.7. The van der Waals surface area contributed by atoms with Crippen molar-refractivity contribution in [1.29, 1.82) is 5.26 Å². The molecule has 3 rings (SSSR count). The van der Waals surface area contributed by atoms with Gasteiger partial charge in [-0.15, -0.1) is 0 Å². The summed E-state index contributed by atoms with van der Waals surface area (Å²) in [6.45, 7) is 0.217. The van der Waals surface area contributed by atoms with Crippen molar-refractivity contribution in [3.63, 3.8) is 0 Å². The second kappa shape index (κ2) is 7.72. The van der Waals surface area contributed by atoms with E-state index in [0.29, 0.717) is 11.1 Å². The Morgan fingerprint density at radius 2 is 1.89 bits per heavy atom. The lowest BCUT2D eigenvalue weighted by Crippen LogP contribution is -2.35. The molecule has 1 aliphatic heterocycles. The van der Waals surface area contributed by atoms with Crippen LogP contribution in [-0.4, -0.2) is 18.4 Å². The van der Waals surface area contributed by atoms with Gasteiger partial charge in [0.05, 0.1) is 22.5 Å². The molecule has 0 radical (unpaired) electrons. The second-order valence-corrected chi connectivity index (χ2v) is 6.58. The molecular formula is C19H14ClF2N3O2. The molecule has 27 heavy (non-hydrogen) atoms. The lowest BCUT2D eigenvalue weighted by Gasteiger charge is -2.22. The van der Waals surface area contributed by atoms with Crippen molar-refractivity contribution in [1.82, 2.24) is 10.6 Å². The van der Waals surface area contributed by atoms with E-state index < -0.39 is 23.6 Å². The van der Waals surface area contributed by atoms with Crippen molar-refractivity contribution in [2.24, 2.45) is 5.92 Å². The minimum absolute atomic E-state index is 0.0651. The Labute approximate surface area is 158 Å². The standard InChI is InChI=1S/C19H14ClF2N3O2/c20-14-6-11(2-4-16(14)22)18(10-1-3-15(21)12(5-10)8-23)25-19(27)13-7-17(26)24-9-13/h1-6,13,18H,7,9H2,(H,24,26)(H,25,27). The summed E-state index contributed by atoms with van der Waals surface area (Å²) in [4.78, 5) is 23.9. The molecular weight excluding hydrogens is 376 g/mol. The van der Waals surface area contributed by atoms with Crippen molar-refractivity contribution in [2.75, 3.05) is 6.54 Å². The molecule has 1 saturated heterocycles. The number of hydrogen-bond acceptors (Lipinski definition) is 3. The highest BCUT2D eigenvalue weighted by atomic mass is 35.5. The minimum Gasteiger partial charge on any atom is -0.355 e. The predicted octanol–water partition coefficient (Wildman–Crippen LogP) is 2.83. The highest BCUT2D eigenvalue weighted by molar-refractivity contribution is 6.30. The first kappa shape index (κ1) is 18.8. The summed E-state index contributed by atoms with van der Waals surface area (Å²) >= 11 is 5.86. The van der Waals surface area contributed by atoms with Gasteiger partial charge < -0.3 is 10.6 Å². The van der Waals surface area contributed by atoms with Crippen molar-refractivity contribution < 1.29 is 18.4 Å². The molecule has 2 aromatic rings. The Kier molecular flexibility index (Phi) is 5.38. The molecule has 2 atom stereocenters. The van der Waals surface area contributed by atoms with E-state index in [2.05, 4.69) is 10.6 Å². The van der Waals surface area contributed by atoms with Gasteiger partial charge in [-0.2, -0.15) is 5.26 Å². The summed E-state index contributed by atoms with van der Waals surface area (Å²) in [5.41, 5.74) is 0.710. The van der Waals surface area contributed by atoms with Crippen molar-refractivity contribution >= 4 is 23.4 Å². The van der Waals surface area contributed by atoms with E-state index in [-0.39, 0.29) is 35.4 Å². The Morgan fingerprint density at radius 1 is 1.22 bits per heavy atom. The van der Waals surface area contributed by atoms with Gasteiger partial charge in [-0.25, -0.2) is 8.78 Å². The fraction of sp³-hybridized carbons (Fsp3) is 0.211. The third kappa shape index (κ3) is 4.07. The molecule has 8 heteroatoms. The van der Waals surface area contributed by atoms with Crippen molar-refractivity contribution in [3.05, 3.63) is 69.7 Å². The normalized spacial score (nSPS) is 17.1. The van der Waals surface area contributed by atoms with Crippen LogP contribution in [0.15, 0.2) is 36.4 Å². The van der Waals surface area contributed by atoms with Gasteiger partial charge in [0.25, 0.3) is 0 Å². The van der Waals surface area contributed by atoms with E-state index in [1.807, 2.05) is 0 Å². The van der Waals surface area contributed by atoms with Crippen LogP contribution in [0.1, 0.15) is 29.2 Å². The maximum Gasteiger partial charge on any atom is 0.226 e. The quantitative estimate of drug-likeness (QED) is 0.843. The maximum atomic E-state index is 13.7. The van der Waals surface area contributed by atoms with Crippen LogP contribution in [0.3, 0.4) is 0 Å². The molecule has 1 aliphatic rings. The van der Waals surface area contributed by atoms with Crippen LogP contribution in [0.25, 0.3) is 0 Å². The van der Waals surface area contributed by atoms with E-state index in [9.17, 15) is 18.4 Å². The fourth-order valence-corrected chi connectivity index (χ4v) is 3.10. The van der Waals surface area contributed by atoms with Crippen LogP contribution < -0.4 is 10.6 Å². The van der Waals surface area contributed by atoms with Crippen LogP contribution in [0, 0.1) is 28.9 Å². The zero-order chi connectivity index (χ0) is 19.6. The van der Waals surface area contributed by atoms with Gasteiger partial charge in [0.15, 0.2) is 0 Å². The third-order valence-electron chi connectivity index (χ3n) is 4.36. The number of carbonyl (C=O) groups is 2. The summed E-state index contributed by atoms with van der Waals surface area (Å²) in [7, 11) is 0. The first-order chi connectivity index (χ1) is 12.9. The SMILES string of the molecule is N#Cc1cc(C(NC(=O)C2CNC(=O)C2)c2ccc(F)c(Cl)c2)ccc1F. The van der Waals surface area contributed by atoms with Crippen molar-refractivity contribution in [3.8, 4) is 6.07 Å². The molecule has 2 unspecified atom stereocenters. The highest BCUT2D eigenvalue weighted by Gasteiger charge is 2.30. The molecule has 1 heterocycles. The van der Waals surface area contributed by atoms with Crippen LogP contribution in [0.5, 0.6) is 0 Å². The zero-order valence-corrected chi connectivity index (χ0v) is 14.7. The zero-order valence-electron chi connectivity index (χ0n) is 13.9. The lowest BCUT2D eigenvalue weighted by atomic mass is 9.96. The number of benzene rings is 2. The topological polar surface area (TPSA) is 82.0 Å². The lowest BCUT2D eigenvalue weighted by molar-refractivity contribution is -0.126. The van der Waals surface area contributed by atoms with Crippen LogP contribution in [0.2, 0.25) is 5.02 Å². The minimum atomic E-state index is -0.793. The highest BCUT2D eigenvalue weighted by Crippen LogP contribution is 2.28. The molecule has 2 amide bonds. The van der Waals surface area contributed by atoms with Crippen LogP contribution in [-0.2, 0) is 9.59 Å². The van der Waals surface area contributed by atoms with Gasteiger partial charge in [0.2, 0.25) is 11.8 Å². The number of amides is 2. The Hall–Kier alpha value is -2.98. The number of nitrogens with zero attached hydrogens (tertiary/aromatic N) is 1. The molecule has 0 saturated carbocycles. The molecule has 0 aromatic heterocycles. The molecule has 5 nitrogen and oxygen atoms in total. The average molecular weight is 390 g/mol. The smallest absolute Gasteiger partial charge is 0.226 e. The number of carbonyl (C=O) groups excluding carboxylic acids is 2. The molecule has 1 fully saturated rings. The molecule has 2 N–H and O–H groups in total. The molecule has 0 aliphatic carbocycles. The summed E-state index contributed by atoms with van der Waals surface area (Å²) in [6.07, 6.45) is 0.0651. The number of hydrogen-bond donors (Lipinski definition) is 2. The summed E-state index contributed by atoms with van der Waals surface area (Å²) in [5, 5.41) is 14.3. The fourth-order valence-electron chi connectivity index (χ4n) is 2.91. The van der Waals surface area contributed by atoms with Crippen molar-refractivity contribution in [2.45, 2.75) is 12.5 Å². The largest absolute Gasteiger partial charge is 0.355 e. The Bertz CT molecular complexity index is 958. The van der Waals surface area contributed by atoms with Crippen LogP contribution >= 0.6 is 11.6 Å². The van der Waals surface area contributed by atoms with Gasteiger partial charge in [0, 0.05) is 13.0 Å². The van der Waals surface area contributed by atoms with Gasteiger partial charge in [-0.05, 0) is 35.4 Å². The number of nitrogens with one attached hydrogen (secondary N) is 2. The third-order valence-corrected chi connectivity index (χ3v) is 4.65. The van der Waals surface area contributed by atoms with E-state index >= 15 is 0 Å². The average Bonchev–Trinajstić information content (AvgIpc) is 3.09. The molecule has 2 aromatic carbocycles. The van der Waals surface area contributed by atoms with E-state index in [1.165, 1.54) is 24.3 Å². The van der Waals surface area contributed by atoms with Gasteiger partial charge in [0.1, 0.15) is 17.7 Å². The van der Waals surface area contributed by atoms with E-state index in [4.69, 9.17) is 16.9 Å². The molecule has 138 valence electrons. The summed E-state index contributed by atoms with van der Waals surface area (Å²) in [6, 6.07) is 8.78. The summed E-state index contributed by atoms with van der Waals surface area (Å²) in [5.74, 6) is -2.46. The predicted molar refractivity (Wildman–Crippen MR) is 93.6 cm³/mol. The summed E-state index contributed by atoms with van der Waals surface area (Å²) < 4.78 is 27.2. The Morgan fingerprint density at radius 3 is 2.48 bits per heavy atom. The van der Waals surface area contributed by atoms with E-state index in [1.54, 1.807) is 6.07 Å². The molecule has 0 bridgehead atoms. The number of halogens is 3.